The molecular weight excluding hydrogens is 488 g/mol. The molecule has 0 aliphatic rings. The van der Waals surface area contributed by atoms with Crippen molar-refractivity contribution in [3.05, 3.63) is 131 Å². The summed E-state index contributed by atoms with van der Waals surface area (Å²) in [5, 5.41) is 13.2. The Labute approximate surface area is 226 Å². The van der Waals surface area contributed by atoms with E-state index in [1.165, 1.54) is 0 Å². The predicted octanol–water partition coefficient (Wildman–Crippen LogP) is 6.28. The van der Waals surface area contributed by atoms with Gasteiger partial charge in [0.25, 0.3) is 5.91 Å². The van der Waals surface area contributed by atoms with Crippen LogP contribution >= 0.6 is 0 Å². The second-order valence-electron chi connectivity index (χ2n) is 9.55. The van der Waals surface area contributed by atoms with Crippen molar-refractivity contribution in [1.82, 2.24) is 9.88 Å². The van der Waals surface area contributed by atoms with Gasteiger partial charge in [0.05, 0.1) is 12.1 Å². The van der Waals surface area contributed by atoms with Crippen LogP contribution in [0.2, 0.25) is 0 Å². The third-order valence-electron chi connectivity index (χ3n) is 7.17. The third kappa shape index (κ3) is 5.22. The quantitative estimate of drug-likeness (QED) is 0.238. The van der Waals surface area contributed by atoms with Gasteiger partial charge in [-0.1, -0.05) is 72.8 Å². The first kappa shape index (κ1) is 25.7. The molecule has 0 aliphatic heterocycles. The fourth-order valence-corrected chi connectivity index (χ4v) is 4.88. The van der Waals surface area contributed by atoms with Gasteiger partial charge in [-0.2, -0.15) is 0 Å². The van der Waals surface area contributed by atoms with Gasteiger partial charge in [-0.3, -0.25) is 9.59 Å². The van der Waals surface area contributed by atoms with Gasteiger partial charge in [0.1, 0.15) is 0 Å². The number of ketones is 1. The van der Waals surface area contributed by atoms with Crippen LogP contribution in [0.3, 0.4) is 0 Å². The van der Waals surface area contributed by atoms with E-state index in [1.54, 1.807) is 42.5 Å². The van der Waals surface area contributed by atoms with Gasteiger partial charge < -0.3 is 15.0 Å². The predicted molar refractivity (Wildman–Crippen MR) is 152 cm³/mol. The van der Waals surface area contributed by atoms with Crippen LogP contribution in [0.1, 0.15) is 47.9 Å². The number of nitrogens with one attached hydrogen (secondary N) is 1. The number of hydrogen-bond donors (Lipinski definition) is 2. The summed E-state index contributed by atoms with van der Waals surface area (Å²) in [6, 6.07) is 29.4. The number of aromatic carboxylic acids is 1. The molecule has 0 radical (unpaired) electrons. The minimum absolute atomic E-state index is 0.0627. The fourth-order valence-electron chi connectivity index (χ4n) is 4.88. The molecule has 0 fully saturated rings. The van der Waals surface area contributed by atoms with Gasteiger partial charge in [-0.05, 0) is 60.4 Å². The van der Waals surface area contributed by atoms with E-state index in [-0.39, 0.29) is 23.8 Å². The van der Waals surface area contributed by atoms with Crippen molar-refractivity contribution in [3.63, 3.8) is 0 Å². The van der Waals surface area contributed by atoms with E-state index >= 15 is 0 Å². The van der Waals surface area contributed by atoms with Crippen LogP contribution in [-0.4, -0.2) is 33.9 Å². The summed E-state index contributed by atoms with van der Waals surface area (Å²) >= 11 is 0. The Kier molecular flexibility index (Phi) is 7.10. The van der Waals surface area contributed by atoms with Gasteiger partial charge in [-0.25, -0.2) is 4.79 Å². The number of amides is 1. The number of fused-ring (bicyclic) bond motifs is 1. The molecular formula is C33H28N2O4. The van der Waals surface area contributed by atoms with Crippen LogP contribution in [0.25, 0.3) is 22.0 Å². The maximum atomic E-state index is 12.8. The number of carboxylic acids is 1. The molecule has 5 aromatic rings. The highest BCUT2D eigenvalue weighted by molar-refractivity contribution is 6.03. The highest BCUT2D eigenvalue weighted by Crippen LogP contribution is 2.29. The molecule has 6 heteroatoms. The third-order valence-corrected chi connectivity index (χ3v) is 7.17. The number of nitrogens with zero attached hydrogens (tertiary/aromatic N) is 1. The van der Waals surface area contributed by atoms with Crippen LogP contribution in [0.4, 0.5) is 0 Å². The molecule has 0 unspecified atom stereocenters. The summed E-state index contributed by atoms with van der Waals surface area (Å²) in [6.45, 7) is 4.67. The first-order valence-electron chi connectivity index (χ1n) is 12.7. The average Bonchev–Trinajstić information content (AvgIpc) is 3.20. The highest BCUT2D eigenvalue weighted by Gasteiger charge is 2.16. The maximum absolute atomic E-state index is 12.8. The van der Waals surface area contributed by atoms with Crippen molar-refractivity contribution in [2.45, 2.75) is 20.4 Å². The van der Waals surface area contributed by atoms with Crippen molar-refractivity contribution in [1.29, 1.82) is 0 Å². The van der Waals surface area contributed by atoms with Crippen LogP contribution in [-0.2, 0) is 6.54 Å². The zero-order valence-corrected chi connectivity index (χ0v) is 21.8. The number of rotatable bonds is 8. The monoisotopic (exact) mass is 516 g/mol. The van der Waals surface area contributed by atoms with Crippen LogP contribution in [0.5, 0.6) is 0 Å². The molecule has 4 aromatic carbocycles. The second-order valence-corrected chi connectivity index (χ2v) is 9.55. The molecule has 2 N–H and O–H groups in total. The van der Waals surface area contributed by atoms with Crippen LogP contribution in [0.15, 0.2) is 97.1 Å². The zero-order valence-electron chi connectivity index (χ0n) is 21.8. The summed E-state index contributed by atoms with van der Waals surface area (Å²) in [6.07, 6.45) is 0. The van der Waals surface area contributed by atoms with Gasteiger partial charge in [0.2, 0.25) is 0 Å². The molecule has 0 saturated heterocycles. The lowest BCUT2D eigenvalue weighted by molar-refractivity contribution is 0.0697. The van der Waals surface area contributed by atoms with E-state index in [9.17, 15) is 19.5 Å². The molecule has 194 valence electrons. The van der Waals surface area contributed by atoms with E-state index < -0.39 is 5.97 Å². The van der Waals surface area contributed by atoms with Crippen molar-refractivity contribution in [2.75, 3.05) is 6.54 Å². The largest absolute Gasteiger partial charge is 0.478 e. The normalized spacial score (nSPS) is 10.9. The van der Waals surface area contributed by atoms with E-state index in [2.05, 4.69) is 16.8 Å². The molecule has 1 amide bonds. The first-order valence-corrected chi connectivity index (χ1v) is 12.7. The van der Waals surface area contributed by atoms with Crippen molar-refractivity contribution in [3.8, 4) is 11.1 Å². The molecule has 1 heterocycles. The van der Waals surface area contributed by atoms with Gasteiger partial charge in [0, 0.05) is 34.3 Å². The molecule has 0 bridgehead atoms. The maximum Gasteiger partial charge on any atom is 0.336 e. The lowest BCUT2D eigenvalue weighted by Gasteiger charge is -2.11. The molecule has 39 heavy (non-hydrogen) atoms. The topological polar surface area (TPSA) is 88.4 Å². The van der Waals surface area contributed by atoms with Crippen molar-refractivity contribution < 1.29 is 19.5 Å². The lowest BCUT2D eigenvalue weighted by atomic mass is 9.99. The standard InChI is InChI=1S/C33H28N2O4/c1-21-22(2)35(20-23-12-14-24(15-13-23)27-10-6-7-11-28(27)33(38)39)30-17-16-26(18-29(21)30)32(37)34-19-31(36)25-8-4-3-5-9-25/h3-18H,19-20H2,1-2H3,(H,34,37)(H,38,39). The molecule has 0 spiro atoms. The Morgan fingerprint density at radius 2 is 1.49 bits per heavy atom. The van der Waals surface area contributed by atoms with Gasteiger partial charge in [0.15, 0.2) is 5.78 Å². The minimum atomic E-state index is -0.949. The molecule has 5 rings (SSSR count). The van der Waals surface area contributed by atoms with E-state index in [0.717, 1.165) is 33.3 Å². The number of aromatic nitrogens is 1. The second kappa shape index (κ2) is 10.8. The Morgan fingerprint density at radius 3 is 2.21 bits per heavy atom. The first-order chi connectivity index (χ1) is 18.8. The average molecular weight is 517 g/mol. The summed E-state index contributed by atoms with van der Waals surface area (Å²) in [5.74, 6) is -1.38. The minimum Gasteiger partial charge on any atom is -0.478 e. The van der Waals surface area contributed by atoms with Crippen molar-refractivity contribution >= 4 is 28.6 Å². The van der Waals surface area contributed by atoms with E-state index in [4.69, 9.17) is 0 Å². The fraction of sp³-hybridized carbons (Fsp3) is 0.121. The van der Waals surface area contributed by atoms with Gasteiger partial charge in [-0.15, -0.1) is 0 Å². The number of Topliss-reactive ketones (excluding diaryl/α,β-unsaturated/α-hetero) is 1. The Morgan fingerprint density at radius 1 is 0.795 bits per heavy atom. The van der Waals surface area contributed by atoms with Crippen LogP contribution < -0.4 is 5.32 Å². The van der Waals surface area contributed by atoms with Crippen LogP contribution in [0, 0.1) is 13.8 Å². The van der Waals surface area contributed by atoms with E-state index in [1.807, 2.05) is 61.5 Å². The number of aryl methyl sites for hydroxylation is 1. The molecule has 0 aliphatic carbocycles. The smallest absolute Gasteiger partial charge is 0.336 e. The summed E-state index contributed by atoms with van der Waals surface area (Å²) < 4.78 is 2.21. The summed E-state index contributed by atoms with van der Waals surface area (Å²) in [5.41, 5.74) is 7.16. The Balaban J connectivity index is 1.35. The van der Waals surface area contributed by atoms with E-state index in [0.29, 0.717) is 23.2 Å². The number of hydrogen-bond acceptors (Lipinski definition) is 3. The highest BCUT2D eigenvalue weighted by atomic mass is 16.4. The number of carbonyl (C=O) groups is 3. The summed E-state index contributed by atoms with van der Waals surface area (Å²) in [7, 11) is 0. The zero-order chi connectivity index (χ0) is 27.5. The summed E-state index contributed by atoms with van der Waals surface area (Å²) in [4.78, 5) is 36.8. The van der Waals surface area contributed by atoms with Gasteiger partial charge >= 0.3 is 5.97 Å². The van der Waals surface area contributed by atoms with Crippen molar-refractivity contribution in [2.24, 2.45) is 0 Å². The Bertz CT molecular complexity index is 1700. The molecule has 1 aromatic heterocycles. The Hall–Kier alpha value is -4.97. The molecule has 0 atom stereocenters. The number of carboxylic acid groups (broad SMARTS) is 1. The number of carbonyl (C=O) groups excluding carboxylic acids is 2. The SMILES string of the molecule is Cc1c(C)n(Cc2ccc(-c3ccccc3C(=O)O)cc2)c2ccc(C(=O)NCC(=O)c3ccccc3)cc12. The lowest BCUT2D eigenvalue weighted by Crippen LogP contribution is -2.29. The number of benzene rings is 4. The molecule has 6 nitrogen and oxygen atoms in total. The molecule has 0 saturated carbocycles.